The summed E-state index contributed by atoms with van der Waals surface area (Å²) in [6.07, 6.45) is 9.10. The van der Waals surface area contributed by atoms with Crippen LogP contribution < -0.4 is 11.1 Å². The molecule has 0 radical (unpaired) electrons. The van der Waals surface area contributed by atoms with Crippen LogP contribution in [0.15, 0.2) is 0 Å². The van der Waals surface area contributed by atoms with Gasteiger partial charge in [-0.3, -0.25) is 0 Å². The SMILES string of the molecule is CCCCC(C)NCC1CCC(N)CC1. The molecule has 1 atom stereocenters. The van der Waals surface area contributed by atoms with Crippen molar-refractivity contribution < 1.29 is 0 Å². The van der Waals surface area contributed by atoms with Gasteiger partial charge in [-0.2, -0.15) is 0 Å². The standard InChI is InChI=1S/C13H28N2/c1-3-4-5-11(2)15-10-12-6-8-13(14)9-7-12/h11-13,15H,3-10,14H2,1-2H3. The number of nitrogens with one attached hydrogen (secondary N) is 1. The molecular weight excluding hydrogens is 184 g/mol. The van der Waals surface area contributed by atoms with Crippen LogP contribution in [0, 0.1) is 5.92 Å². The first-order chi connectivity index (χ1) is 7.22. The number of unbranched alkanes of at least 4 members (excludes halogenated alkanes) is 1. The fourth-order valence-corrected chi connectivity index (χ4v) is 2.37. The fourth-order valence-electron chi connectivity index (χ4n) is 2.37. The molecule has 0 aromatic carbocycles. The lowest BCUT2D eigenvalue weighted by molar-refractivity contribution is 0.303. The number of hydrogen-bond donors (Lipinski definition) is 2. The number of hydrogen-bond acceptors (Lipinski definition) is 2. The van der Waals surface area contributed by atoms with Gasteiger partial charge in [0.2, 0.25) is 0 Å². The molecule has 1 aliphatic carbocycles. The van der Waals surface area contributed by atoms with Crippen molar-refractivity contribution >= 4 is 0 Å². The smallest absolute Gasteiger partial charge is 0.00390 e. The Hall–Kier alpha value is -0.0800. The van der Waals surface area contributed by atoms with Crippen molar-refractivity contribution in [2.75, 3.05) is 6.54 Å². The molecule has 0 saturated heterocycles. The van der Waals surface area contributed by atoms with E-state index in [2.05, 4.69) is 19.2 Å². The Morgan fingerprint density at radius 3 is 2.53 bits per heavy atom. The number of rotatable bonds is 6. The molecule has 1 rings (SSSR count). The van der Waals surface area contributed by atoms with Crippen LogP contribution in [-0.2, 0) is 0 Å². The van der Waals surface area contributed by atoms with Gasteiger partial charge in [0.05, 0.1) is 0 Å². The van der Waals surface area contributed by atoms with Crippen molar-refractivity contribution in [3.05, 3.63) is 0 Å². The predicted octanol–water partition coefficient (Wildman–Crippen LogP) is 2.67. The molecule has 0 aromatic heterocycles. The molecule has 1 saturated carbocycles. The third-order valence-electron chi connectivity index (χ3n) is 3.64. The Kier molecular flexibility index (Phi) is 6.26. The highest BCUT2D eigenvalue weighted by atomic mass is 14.9. The molecule has 0 spiro atoms. The van der Waals surface area contributed by atoms with E-state index < -0.39 is 0 Å². The van der Waals surface area contributed by atoms with Gasteiger partial charge < -0.3 is 11.1 Å². The number of nitrogens with two attached hydrogens (primary N) is 1. The van der Waals surface area contributed by atoms with E-state index in [0.29, 0.717) is 12.1 Å². The van der Waals surface area contributed by atoms with Crippen molar-refractivity contribution in [2.24, 2.45) is 11.7 Å². The second kappa shape index (κ2) is 7.24. The summed E-state index contributed by atoms with van der Waals surface area (Å²) in [7, 11) is 0. The van der Waals surface area contributed by atoms with Crippen molar-refractivity contribution in [2.45, 2.75) is 70.9 Å². The third kappa shape index (κ3) is 5.53. The summed E-state index contributed by atoms with van der Waals surface area (Å²) in [5, 5.41) is 3.66. The minimum atomic E-state index is 0.485. The molecule has 0 amide bonds. The van der Waals surface area contributed by atoms with Gasteiger partial charge in [-0.05, 0) is 51.5 Å². The van der Waals surface area contributed by atoms with Crippen LogP contribution in [0.4, 0.5) is 0 Å². The first-order valence-electron chi connectivity index (χ1n) is 6.71. The fraction of sp³-hybridized carbons (Fsp3) is 1.00. The van der Waals surface area contributed by atoms with Crippen LogP contribution in [0.2, 0.25) is 0 Å². The van der Waals surface area contributed by atoms with Gasteiger partial charge in [-0.15, -0.1) is 0 Å². The molecule has 90 valence electrons. The average Bonchev–Trinajstić information content (AvgIpc) is 2.25. The van der Waals surface area contributed by atoms with E-state index in [0.717, 1.165) is 5.92 Å². The summed E-state index contributed by atoms with van der Waals surface area (Å²) in [4.78, 5) is 0. The zero-order valence-electron chi connectivity index (χ0n) is 10.5. The summed E-state index contributed by atoms with van der Waals surface area (Å²) in [6, 6.07) is 1.18. The van der Waals surface area contributed by atoms with E-state index >= 15 is 0 Å². The van der Waals surface area contributed by atoms with E-state index in [9.17, 15) is 0 Å². The monoisotopic (exact) mass is 212 g/mol. The lowest BCUT2D eigenvalue weighted by atomic mass is 9.86. The maximum atomic E-state index is 5.90. The quantitative estimate of drug-likeness (QED) is 0.710. The van der Waals surface area contributed by atoms with Gasteiger partial charge in [0.1, 0.15) is 0 Å². The first kappa shape index (κ1) is 13.0. The average molecular weight is 212 g/mol. The molecule has 15 heavy (non-hydrogen) atoms. The zero-order valence-corrected chi connectivity index (χ0v) is 10.5. The molecule has 3 N–H and O–H groups in total. The highest BCUT2D eigenvalue weighted by Crippen LogP contribution is 2.22. The molecule has 0 heterocycles. The molecule has 0 aromatic rings. The largest absolute Gasteiger partial charge is 0.328 e. The minimum absolute atomic E-state index is 0.485. The van der Waals surface area contributed by atoms with Gasteiger partial charge in [-0.1, -0.05) is 19.8 Å². The van der Waals surface area contributed by atoms with Gasteiger partial charge >= 0.3 is 0 Å². The predicted molar refractivity (Wildman–Crippen MR) is 66.9 cm³/mol. The summed E-state index contributed by atoms with van der Waals surface area (Å²) >= 11 is 0. The summed E-state index contributed by atoms with van der Waals surface area (Å²) < 4.78 is 0. The topological polar surface area (TPSA) is 38.0 Å². The van der Waals surface area contributed by atoms with Gasteiger partial charge in [0.15, 0.2) is 0 Å². The summed E-state index contributed by atoms with van der Waals surface area (Å²) in [5.41, 5.74) is 5.90. The maximum Gasteiger partial charge on any atom is 0.00390 e. The maximum absolute atomic E-state index is 5.90. The van der Waals surface area contributed by atoms with Crippen molar-refractivity contribution in [1.82, 2.24) is 5.32 Å². The lowest BCUT2D eigenvalue weighted by Crippen LogP contribution is -2.35. The molecule has 0 bridgehead atoms. The van der Waals surface area contributed by atoms with Gasteiger partial charge in [-0.25, -0.2) is 0 Å². The zero-order chi connectivity index (χ0) is 11.1. The Balaban J connectivity index is 2.04. The second-order valence-electron chi connectivity index (χ2n) is 5.23. The Bertz CT molecular complexity index is 151. The van der Waals surface area contributed by atoms with Crippen molar-refractivity contribution in [1.29, 1.82) is 0 Å². The second-order valence-corrected chi connectivity index (χ2v) is 5.23. The Labute approximate surface area is 95.0 Å². The van der Waals surface area contributed by atoms with Gasteiger partial charge in [0.25, 0.3) is 0 Å². The molecule has 2 heteroatoms. The lowest BCUT2D eigenvalue weighted by Gasteiger charge is -2.27. The van der Waals surface area contributed by atoms with Crippen LogP contribution in [-0.4, -0.2) is 18.6 Å². The molecule has 0 aliphatic heterocycles. The Morgan fingerprint density at radius 2 is 1.93 bits per heavy atom. The third-order valence-corrected chi connectivity index (χ3v) is 3.64. The van der Waals surface area contributed by atoms with E-state index in [1.807, 2.05) is 0 Å². The van der Waals surface area contributed by atoms with E-state index in [-0.39, 0.29) is 0 Å². The van der Waals surface area contributed by atoms with E-state index in [4.69, 9.17) is 5.73 Å². The summed E-state index contributed by atoms with van der Waals surface area (Å²) in [5.74, 6) is 0.883. The normalized spacial score (nSPS) is 29.0. The van der Waals surface area contributed by atoms with Crippen LogP contribution in [0.5, 0.6) is 0 Å². The highest BCUT2D eigenvalue weighted by molar-refractivity contribution is 4.76. The summed E-state index contributed by atoms with van der Waals surface area (Å²) in [6.45, 7) is 5.77. The van der Waals surface area contributed by atoms with Crippen molar-refractivity contribution in [3.8, 4) is 0 Å². The van der Waals surface area contributed by atoms with Gasteiger partial charge in [0, 0.05) is 12.1 Å². The first-order valence-corrected chi connectivity index (χ1v) is 6.71. The van der Waals surface area contributed by atoms with Crippen LogP contribution in [0.3, 0.4) is 0 Å². The molecule has 1 unspecified atom stereocenters. The Morgan fingerprint density at radius 1 is 1.27 bits per heavy atom. The molecule has 1 fully saturated rings. The minimum Gasteiger partial charge on any atom is -0.328 e. The van der Waals surface area contributed by atoms with Crippen LogP contribution in [0.1, 0.15) is 58.8 Å². The molecular formula is C13H28N2. The van der Waals surface area contributed by atoms with Crippen LogP contribution in [0.25, 0.3) is 0 Å². The van der Waals surface area contributed by atoms with E-state index in [1.165, 1.54) is 51.5 Å². The molecule has 1 aliphatic rings. The molecule has 2 nitrogen and oxygen atoms in total. The van der Waals surface area contributed by atoms with E-state index in [1.54, 1.807) is 0 Å². The highest BCUT2D eigenvalue weighted by Gasteiger charge is 2.18. The van der Waals surface area contributed by atoms with Crippen LogP contribution >= 0.6 is 0 Å². The van der Waals surface area contributed by atoms with Crippen molar-refractivity contribution in [3.63, 3.8) is 0 Å².